The second-order valence-corrected chi connectivity index (χ2v) is 5.69. The highest BCUT2D eigenvalue weighted by Gasteiger charge is 2.06. The molecule has 0 radical (unpaired) electrons. The number of aromatic nitrogens is 2. The van der Waals surface area contributed by atoms with Gasteiger partial charge in [0.2, 0.25) is 5.91 Å². The Morgan fingerprint density at radius 3 is 2.88 bits per heavy atom. The fourth-order valence-corrected chi connectivity index (χ4v) is 2.69. The van der Waals surface area contributed by atoms with E-state index in [-0.39, 0.29) is 17.4 Å². The first-order valence-corrected chi connectivity index (χ1v) is 7.96. The molecule has 1 heterocycles. The number of amides is 1. The van der Waals surface area contributed by atoms with Gasteiger partial charge < -0.3 is 10.3 Å². The molecule has 3 aromatic rings. The van der Waals surface area contributed by atoms with E-state index in [1.54, 1.807) is 35.8 Å². The molecule has 2 N–H and O–H groups in total. The van der Waals surface area contributed by atoms with E-state index in [0.29, 0.717) is 17.8 Å². The maximum Gasteiger partial charge on any atom is 0.326 e. The summed E-state index contributed by atoms with van der Waals surface area (Å²) in [6.07, 6.45) is 3.02. The molecule has 0 spiro atoms. The van der Waals surface area contributed by atoms with E-state index in [9.17, 15) is 14.0 Å². The quantitative estimate of drug-likeness (QED) is 0.715. The standard InChI is InChI=1S/C19H18FN3O2/c1-3-23-17-9-7-13(11-16(17)22-19(23)25)8-10-18(24)21-15-6-4-5-14(20)12(15)2/h4-11H,3H2,1-2H3,(H,21,24)(H,22,25)/b10-8+. The van der Waals surface area contributed by atoms with E-state index in [1.807, 2.05) is 19.1 Å². The first kappa shape index (κ1) is 16.7. The Bertz CT molecular complexity index is 1030. The summed E-state index contributed by atoms with van der Waals surface area (Å²) in [6, 6.07) is 10.0. The minimum Gasteiger partial charge on any atom is -0.322 e. The van der Waals surface area contributed by atoms with E-state index in [4.69, 9.17) is 0 Å². The van der Waals surface area contributed by atoms with Crippen LogP contribution in [0.5, 0.6) is 0 Å². The molecule has 0 aliphatic rings. The topological polar surface area (TPSA) is 66.9 Å². The van der Waals surface area contributed by atoms with Gasteiger partial charge in [0, 0.05) is 23.9 Å². The molecule has 0 aliphatic carbocycles. The van der Waals surface area contributed by atoms with Crippen molar-refractivity contribution in [2.24, 2.45) is 0 Å². The third kappa shape index (κ3) is 3.38. The van der Waals surface area contributed by atoms with E-state index in [2.05, 4.69) is 10.3 Å². The van der Waals surface area contributed by atoms with Crippen LogP contribution in [0.3, 0.4) is 0 Å². The van der Waals surface area contributed by atoms with Crippen LogP contribution in [0.4, 0.5) is 10.1 Å². The van der Waals surface area contributed by atoms with Crippen molar-refractivity contribution in [2.45, 2.75) is 20.4 Å². The monoisotopic (exact) mass is 339 g/mol. The zero-order chi connectivity index (χ0) is 18.0. The number of halogens is 1. The van der Waals surface area contributed by atoms with Gasteiger partial charge >= 0.3 is 5.69 Å². The Morgan fingerprint density at radius 2 is 2.12 bits per heavy atom. The summed E-state index contributed by atoms with van der Waals surface area (Å²) >= 11 is 0. The third-order valence-corrected chi connectivity index (χ3v) is 4.07. The molecular weight excluding hydrogens is 321 g/mol. The molecule has 0 atom stereocenters. The maximum atomic E-state index is 13.5. The Hall–Kier alpha value is -3.15. The Kier molecular flexibility index (Phi) is 4.52. The van der Waals surface area contributed by atoms with Crippen LogP contribution >= 0.6 is 0 Å². The Morgan fingerprint density at radius 1 is 1.32 bits per heavy atom. The normalized spacial score (nSPS) is 11.3. The molecule has 0 aliphatic heterocycles. The second-order valence-electron chi connectivity index (χ2n) is 5.69. The Balaban J connectivity index is 1.79. The molecule has 1 amide bonds. The average Bonchev–Trinajstić information content (AvgIpc) is 2.91. The summed E-state index contributed by atoms with van der Waals surface area (Å²) in [6.45, 7) is 4.10. The van der Waals surface area contributed by atoms with Gasteiger partial charge in [-0.25, -0.2) is 9.18 Å². The van der Waals surface area contributed by atoms with Crippen molar-refractivity contribution in [1.82, 2.24) is 9.55 Å². The van der Waals surface area contributed by atoms with Gasteiger partial charge in [0.15, 0.2) is 0 Å². The van der Waals surface area contributed by atoms with Crippen molar-refractivity contribution in [3.05, 3.63) is 69.9 Å². The van der Waals surface area contributed by atoms with Crippen LogP contribution in [0.2, 0.25) is 0 Å². The van der Waals surface area contributed by atoms with Gasteiger partial charge in [-0.05, 0) is 49.8 Å². The van der Waals surface area contributed by atoms with Crippen molar-refractivity contribution >= 4 is 28.7 Å². The number of carbonyl (C=O) groups excluding carboxylic acids is 1. The minimum absolute atomic E-state index is 0.155. The molecule has 0 unspecified atom stereocenters. The van der Waals surface area contributed by atoms with Crippen molar-refractivity contribution < 1.29 is 9.18 Å². The molecule has 128 valence electrons. The van der Waals surface area contributed by atoms with Gasteiger partial charge in [-0.2, -0.15) is 0 Å². The molecule has 5 nitrogen and oxygen atoms in total. The van der Waals surface area contributed by atoms with Crippen LogP contribution in [0.25, 0.3) is 17.1 Å². The number of aryl methyl sites for hydroxylation is 1. The molecular formula is C19H18FN3O2. The lowest BCUT2D eigenvalue weighted by atomic mass is 10.1. The molecule has 0 saturated carbocycles. The third-order valence-electron chi connectivity index (χ3n) is 4.07. The fraction of sp³-hybridized carbons (Fsp3) is 0.158. The Labute approximate surface area is 143 Å². The van der Waals surface area contributed by atoms with E-state index in [0.717, 1.165) is 16.6 Å². The number of carbonyl (C=O) groups is 1. The van der Waals surface area contributed by atoms with E-state index in [1.165, 1.54) is 12.1 Å². The predicted molar refractivity (Wildman–Crippen MR) is 97.0 cm³/mol. The summed E-state index contributed by atoms with van der Waals surface area (Å²) < 4.78 is 15.1. The number of rotatable bonds is 4. The lowest BCUT2D eigenvalue weighted by molar-refractivity contribution is -0.111. The zero-order valence-electron chi connectivity index (χ0n) is 14.0. The summed E-state index contributed by atoms with van der Waals surface area (Å²) in [5.41, 5.74) is 3.00. The summed E-state index contributed by atoms with van der Waals surface area (Å²) in [5.74, 6) is -0.718. The number of nitrogens with one attached hydrogen (secondary N) is 2. The number of hydrogen-bond acceptors (Lipinski definition) is 2. The molecule has 0 fully saturated rings. The highest BCUT2D eigenvalue weighted by molar-refractivity contribution is 6.02. The summed E-state index contributed by atoms with van der Waals surface area (Å²) in [5, 5.41) is 2.65. The zero-order valence-corrected chi connectivity index (χ0v) is 14.0. The SMILES string of the molecule is CCn1c(=O)[nH]c2cc(/C=C/C(=O)Nc3cccc(F)c3C)ccc21. The number of benzene rings is 2. The van der Waals surface area contributed by atoms with Crippen LogP contribution in [0, 0.1) is 12.7 Å². The molecule has 0 bridgehead atoms. The van der Waals surface area contributed by atoms with E-state index >= 15 is 0 Å². The van der Waals surface area contributed by atoms with Crippen LogP contribution in [-0.2, 0) is 11.3 Å². The average molecular weight is 339 g/mol. The van der Waals surface area contributed by atoms with Gasteiger partial charge in [-0.1, -0.05) is 12.1 Å². The van der Waals surface area contributed by atoms with Crippen LogP contribution in [0.15, 0.2) is 47.3 Å². The van der Waals surface area contributed by atoms with Crippen LogP contribution in [0.1, 0.15) is 18.1 Å². The molecule has 6 heteroatoms. The molecule has 2 aromatic carbocycles. The molecule has 3 rings (SSSR count). The minimum atomic E-state index is -0.364. The second kappa shape index (κ2) is 6.76. The van der Waals surface area contributed by atoms with Crippen molar-refractivity contribution in [3.63, 3.8) is 0 Å². The van der Waals surface area contributed by atoms with Gasteiger partial charge in [-0.15, -0.1) is 0 Å². The lowest BCUT2D eigenvalue weighted by Gasteiger charge is -2.06. The van der Waals surface area contributed by atoms with Crippen molar-refractivity contribution in [2.75, 3.05) is 5.32 Å². The largest absolute Gasteiger partial charge is 0.326 e. The van der Waals surface area contributed by atoms with Crippen molar-refractivity contribution in [3.8, 4) is 0 Å². The highest BCUT2D eigenvalue weighted by Crippen LogP contribution is 2.18. The van der Waals surface area contributed by atoms with Gasteiger partial charge in [0.05, 0.1) is 11.0 Å². The predicted octanol–water partition coefficient (Wildman–Crippen LogP) is 3.45. The van der Waals surface area contributed by atoms with Gasteiger partial charge in [0.25, 0.3) is 0 Å². The number of fused-ring (bicyclic) bond motifs is 1. The highest BCUT2D eigenvalue weighted by atomic mass is 19.1. The van der Waals surface area contributed by atoms with Gasteiger partial charge in [-0.3, -0.25) is 9.36 Å². The first-order valence-electron chi connectivity index (χ1n) is 7.96. The summed E-state index contributed by atoms with van der Waals surface area (Å²) in [7, 11) is 0. The molecule has 25 heavy (non-hydrogen) atoms. The molecule has 1 aromatic heterocycles. The maximum absolute atomic E-state index is 13.5. The van der Waals surface area contributed by atoms with Gasteiger partial charge in [0.1, 0.15) is 5.82 Å². The number of hydrogen-bond donors (Lipinski definition) is 2. The van der Waals surface area contributed by atoms with E-state index < -0.39 is 0 Å². The van der Waals surface area contributed by atoms with Crippen molar-refractivity contribution in [1.29, 1.82) is 0 Å². The first-order chi connectivity index (χ1) is 12.0. The molecule has 0 saturated heterocycles. The number of H-pyrrole nitrogens is 1. The lowest BCUT2D eigenvalue weighted by Crippen LogP contribution is -2.14. The number of nitrogens with zero attached hydrogens (tertiary/aromatic N) is 1. The number of anilines is 1. The van der Waals surface area contributed by atoms with Crippen LogP contribution in [-0.4, -0.2) is 15.5 Å². The fourth-order valence-electron chi connectivity index (χ4n) is 2.69. The summed E-state index contributed by atoms with van der Waals surface area (Å²) in [4.78, 5) is 26.6. The number of imidazole rings is 1. The smallest absolute Gasteiger partial charge is 0.322 e. The van der Waals surface area contributed by atoms with Crippen LogP contribution < -0.4 is 11.0 Å². The number of aromatic amines is 1.